The van der Waals surface area contributed by atoms with Crippen LogP contribution in [0.15, 0.2) is 12.1 Å². The first-order valence-corrected chi connectivity index (χ1v) is 5.67. The number of aromatic hydroxyl groups is 1. The lowest BCUT2D eigenvalue weighted by Crippen LogP contribution is -2.05. The topological polar surface area (TPSA) is 133 Å². The normalized spacial score (nSPS) is 10.1. The molecule has 9 heteroatoms. The van der Waals surface area contributed by atoms with Crippen molar-refractivity contribution in [2.75, 3.05) is 6.61 Å². The maximum Gasteiger partial charge on any atom is 0.318 e. The van der Waals surface area contributed by atoms with Crippen LogP contribution in [0.1, 0.15) is 18.9 Å². The second-order valence-corrected chi connectivity index (χ2v) is 3.80. The lowest BCUT2D eigenvalue weighted by molar-refractivity contribution is -0.396. The number of phenolic OH excluding ortho intramolecular Hbond substituents is 1. The third kappa shape index (κ3) is 3.64. The van der Waals surface area contributed by atoms with Crippen molar-refractivity contribution < 1.29 is 24.5 Å². The van der Waals surface area contributed by atoms with Crippen molar-refractivity contribution in [1.82, 2.24) is 0 Å². The molecule has 0 saturated heterocycles. The Morgan fingerprint density at radius 3 is 2.15 bits per heavy atom. The first-order valence-electron chi connectivity index (χ1n) is 5.67. The van der Waals surface area contributed by atoms with Gasteiger partial charge in [0.25, 0.3) is 5.75 Å². The van der Waals surface area contributed by atoms with E-state index in [0.717, 1.165) is 12.1 Å². The molecule has 0 saturated carbocycles. The molecule has 0 atom stereocenters. The second kappa shape index (κ2) is 6.45. The van der Waals surface area contributed by atoms with Gasteiger partial charge in [0, 0.05) is 18.6 Å². The highest BCUT2D eigenvalue weighted by molar-refractivity contribution is 5.70. The summed E-state index contributed by atoms with van der Waals surface area (Å²) in [6.07, 6.45) is -0.0201. The Labute approximate surface area is 113 Å². The number of nitro benzene ring substituents is 2. The molecule has 1 aromatic rings. The molecule has 0 unspecified atom stereocenters. The van der Waals surface area contributed by atoms with Crippen LogP contribution in [0.4, 0.5) is 11.4 Å². The summed E-state index contributed by atoms with van der Waals surface area (Å²) in [7, 11) is 0. The molecule has 0 aliphatic rings. The summed E-state index contributed by atoms with van der Waals surface area (Å²) < 4.78 is 4.69. The lowest BCUT2D eigenvalue weighted by Gasteiger charge is -2.04. The van der Waals surface area contributed by atoms with Crippen LogP contribution in [0.5, 0.6) is 5.75 Å². The van der Waals surface area contributed by atoms with Crippen molar-refractivity contribution in [1.29, 1.82) is 0 Å². The fraction of sp³-hybridized carbons (Fsp3) is 0.364. The van der Waals surface area contributed by atoms with Gasteiger partial charge in [0.2, 0.25) is 0 Å². The monoisotopic (exact) mass is 284 g/mol. The number of ether oxygens (including phenoxy) is 1. The Morgan fingerprint density at radius 1 is 1.25 bits per heavy atom. The molecule has 9 nitrogen and oxygen atoms in total. The number of benzene rings is 1. The van der Waals surface area contributed by atoms with E-state index in [9.17, 15) is 30.1 Å². The number of hydrogen-bond donors (Lipinski definition) is 1. The van der Waals surface area contributed by atoms with Crippen LogP contribution in [0.2, 0.25) is 0 Å². The number of nitro groups is 2. The van der Waals surface area contributed by atoms with Crippen LogP contribution in [-0.4, -0.2) is 27.5 Å². The standard InChI is InChI=1S/C11H12N2O7/c1-2-20-10(14)4-3-7-5-8(12(16)17)11(15)9(6-7)13(18)19/h5-6,15H,2-4H2,1H3. The van der Waals surface area contributed by atoms with E-state index >= 15 is 0 Å². The number of aryl methyl sites for hydroxylation is 1. The molecule has 0 amide bonds. The number of nitrogens with zero attached hydrogens (tertiary/aromatic N) is 2. The van der Waals surface area contributed by atoms with E-state index in [2.05, 4.69) is 4.74 Å². The molecular formula is C11H12N2O7. The smallest absolute Gasteiger partial charge is 0.318 e. The van der Waals surface area contributed by atoms with Crippen LogP contribution in [-0.2, 0) is 16.0 Å². The first kappa shape index (κ1) is 15.3. The highest BCUT2D eigenvalue weighted by Crippen LogP contribution is 2.36. The molecule has 1 rings (SSSR count). The molecule has 20 heavy (non-hydrogen) atoms. The predicted molar refractivity (Wildman–Crippen MR) is 66.4 cm³/mol. The van der Waals surface area contributed by atoms with Gasteiger partial charge >= 0.3 is 17.3 Å². The molecule has 0 radical (unpaired) electrons. The highest BCUT2D eigenvalue weighted by Gasteiger charge is 2.26. The molecule has 0 spiro atoms. The molecule has 0 bridgehead atoms. The fourth-order valence-electron chi connectivity index (χ4n) is 1.56. The summed E-state index contributed by atoms with van der Waals surface area (Å²) in [5.74, 6) is -1.51. The van der Waals surface area contributed by atoms with Gasteiger partial charge in [-0.15, -0.1) is 0 Å². The van der Waals surface area contributed by atoms with Crippen molar-refractivity contribution in [3.8, 4) is 5.75 Å². The summed E-state index contributed by atoms with van der Waals surface area (Å²) >= 11 is 0. The van der Waals surface area contributed by atoms with E-state index in [1.807, 2.05) is 0 Å². The van der Waals surface area contributed by atoms with E-state index in [-0.39, 0.29) is 25.0 Å². The lowest BCUT2D eigenvalue weighted by atomic mass is 10.1. The maximum absolute atomic E-state index is 11.2. The van der Waals surface area contributed by atoms with Crippen molar-refractivity contribution in [3.63, 3.8) is 0 Å². The first-order chi connectivity index (χ1) is 9.36. The fourth-order valence-corrected chi connectivity index (χ4v) is 1.56. The summed E-state index contributed by atoms with van der Waals surface area (Å²) in [4.78, 5) is 30.8. The van der Waals surface area contributed by atoms with Crippen LogP contribution < -0.4 is 0 Å². The number of phenols is 1. The summed E-state index contributed by atoms with van der Waals surface area (Å²) in [6, 6.07) is 2.00. The van der Waals surface area contributed by atoms with Gasteiger partial charge in [0.1, 0.15) is 0 Å². The zero-order valence-corrected chi connectivity index (χ0v) is 10.6. The Morgan fingerprint density at radius 2 is 1.75 bits per heavy atom. The minimum atomic E-state index is -1.00. The van der Waals surface area contributed by atoms with Crippen molar-refractivity contribution in [3.05, 3.63) is 37.9 Å². The molecule has 0 aromatic heterocycles. The van der Waals surface area contributed by atoms with E-state index in [4.69, 9.17) is 0 Å². The van der Waals surface area contributed by atoms with Gasteiger partial charge in [0.05, 0.1) is 16.5 Å². The van der Waals surface area contributed by atoms with Crippen LogP contribution in [0.25, 0.3) is 0 Å². The predicted octanol–water partition coefficient (Wildman–Crippen LogP) is 1.70. The molecule has 0 heterocycles. The van der Waals surface area contributed by atoms with E-state index < -0.39 is 32.9 Å². The van der Waals surface area contributed by atoms with Crippen LogP contribution >= 0.6 is 0 Å². The Hall–Kier alpha value is -2.71. The third-order valence-electron chi connectivity index (χ3n) is 2.45. The van der Waals surface area contributed by atoms with E-state index in [0.29, 0.717) is 0 Å². The molecule has 1 aromatic carbocycles. The molecule has 0 aliphatic heterocycles. The number of hydrogen-bond acceptors (Lipinski definition) is 7. The molecule has 1 N–H and O–H groups in total. The largest absolute Gasteiger partial charge is 0.497 e. The van der Waals surface area contributed by atoms with Gasteiger partial charge in [-0.25, -0.2) is 0 Å². The average molecular weight is 284 g/mol. The zero-order chi connectivity index (χ0) is 15.3. The Bertz CT molecular complexity index is 521. The van der Waals surface area contributed by atoms with Crippen LogP contribution in [0, 0.1) is 20.2 Å². The van der Waals surface area contributed by atoms with E-state index in [1.54, 1.807) is 6.92 Å². The number of carbonyl (C=O) groups excluding carboxylic acids is 1. The summed E-state index contributed by atoms with van der Waals surface area (Å²) in [6.45, 7) is 1.84. The molecule has 0 fully saturated rings. The number of carbonyl (C=O) groups is 1. The summed E-state index contributed by atoms with van der Waals surface area (Å²) in [5, 5.41) is 30.9. The quantitative estimate of drug-likeness (QED) is 0.477. The maximum atomic E-state index is 11.2. The molecule has 0 aliphatic carbocycles. The van der Waals surface area contributed by atoms with Gasteiger partial charge < -0.3 is 9.84 Å². The van der Waals surface area contributed by atoms with E-state index in [1.165, 1.54) is 0 Å². The Balaban J connectivity index is 3.05. The molecule has 108 valence electrons. The van der Waals surface area contributed by atoms with Crippen LogP contribution in [0.3, 0.4) is 0 Å². The minimum absolute atomic E-state index is 0.0425. The summed E-state index contributed by atoms with van der Waals surface area (Å²) in [5.41, 5.74) is -1.33. The van der Waals surface area contributed by atoms with Gasteiger partial charge in [-0.05, 0) is 18.9 Å². The van der Waals surface area contributed by atoms with Gasteiger partial charge in [0.15, 0.2) is 0 Å². The number of esters is 1. The average Bonchev–Trinajstić information content (AvgIpc) is 2.37. The zero-order valence-electron chi connectivity index (χ0n) is 10.6. The van der Waals surface area contributed by atoms with Gasteiger partial charge in [-0.2, -0.15) is 0 Å². The molecular weight excluding hydrogens is 272 g/mol. The van der Waals surface area contributed by atoms with Gasteiger partial charge in [-0.3, -0.25) is 25.0 Å². The Kier molecular flexibility index (Phi) is 4.95. The van der Waals surface area contributed by atoms with Crippen molar-refractivity contribution in [2.24, 2.45) is 0 Å². The van der Waals surface area contributed by atoms with Gasteiger partial charge in [-0.1, -0.05) is 0 Å². The second-order valence-electron chi connectivity index (χ2n) is 3.80. The SMILES string of the molecule is CCOC(=O)CCc1cc([N+](=O)[O-])c(O)c([N+](=O)[O-])c1. The minimum Gasteiger partial charge on any atom is -0.497 e. The van der Waals surface area contributed by atoms with Crippen molar-refractivity contribution >= 4 is 17.3 Å². The number of rotatable bonds is 6. The van der Waals surface area contributed by atoms with Crippen molar-refractivity contribution in [2.45, 2.75) is 19.8 Å². The third-order valence-corrected chi connectivity index (χ3v) is 2.45. The highest BCUT2D eigenvalue weighted by atomic mass is 16.6.